The topological polar surface area (TPSA) is 77.0 Å². The average Bonchev–Trinajstić information content (AvgIpc) is 3.29. The molecular weight excluding hydrogens is 423 g/mol. The van der Waals surface area contributed by atoms with Crippen molar-refractivity contribution in [2.75, 3.05) is 13.1 Å². The number of nitrogens with zero attached hydrogens (tertiary/aromatic N) is 5. The molecule has 1 atom stereocenters. The Bertz CT molecular complexity index is 1150. The van der Waals surface area contributed by atoms with Gasteiger partial charge in [-0.3, -0.25) is 9.48 Å². The Kier molecular flexibility index (Phi) is 5.72. The molecule has 1 amide bonds. The van der Waals surface area contributed by atoms with Gasteiger partial charge < -0.3 is 9.42 Å². The van der Waals surface area contributed by atoms with E-state index in [1.54, 1.807) is 23.4 Å². The molecule has 0 aromatic carbocycles. The first-order valence-corrected chi connectivity index (χ1v) is 10.7. The molecule has 0 saturated carbocycles. The summed E-state index contributed by atoms with van der Waals surface area (Å²) in [4.78, 5) is 18.8. The van der Waals surface area contributed by atoms with E-state index in [1.807, 2.05) is 19.9 Å². The molecule has 7 nitrogen and oxygen atoms in total. The number of carbonyl (C=O) groups excluding carboxylic acids is 1. The number of fused-ring (bicyclic) bond motifs is 1. The van der Waals surface area contributed by atoms with E-state index in [0.29, 0.717) is 25.1 Å². The zero-order valence-electron chi connectivity index (χ0n) is 18.5. The van der Waals surface area contributed by atoms with E-state index in [9.17, 15) is 18.0 Å². The molecule has 0 unspecified atom stereocenters. The Morgan fingerprint density at radius 2 is 2.03 bits per heavy atom. The summed E-state index contributed by atoms with van der Waals surface area (Å²) >= 11 is 0. The number of carbonyl (C=O) groups is 1. The number of aromatic nitrogens is 4. The fourth-order valence-electron chi connectivity index (χ4n) is 4.28. The predicted molar refractivity (Wildman–Crippen MR) is 111 cm³/mol. The van der Waals surface area contributed by atoms with Crippen LogP contribution in [0.1, 0.15) is 66.9 Å². The van der Waals surface area contributed by atoms with Gasteiger partial charge in [0.25, 0.3) is 5.71 Å². The van der Waals surface area contributed by atoms with Gasteiger partial charge in [0.1, 0.15) is 6.54 Å². The summed E-state index contributed by atoms with van der Waals surface area (Å²) in [6, 6.07) is 2.98. The van der Waals surface area contributed by atoms with E-state index in [4.69, 9.17) is 4.52 Å². The smallest absolute Gasteiger partial charge is 0.340 e. The first-order chi connectivity index (χ1) is 15.0. The van der Waals surface area contributed by atoms with Crippen LogP contribution in [0.2, 0.25) is 0 Å². The van der Waals surface area contributed by atoms with Crippen molar-refractivity contribution in [3.8, 4) is 0 Å². The molecule has 172 valence electrons. The molecule has 10 heteroatoms. The van der Waals surface area contributed by atoms with Crippen LogP contribution in [0.3, 0.4) is 0 Å². The number of hydrogen-bond donors (Lipinski definition) is 0. The lowest BCUT2D eigenvalue weighted by atomic mass is 9.91. The van der Waals surface area contributed by atoms with Gasteiger partial charge >= 0.3 is 6.18 Å². The van der Waals surface area contributed by atoms with Gasteiger partial charge in [-0.25, -0.2) is 4.98 Å². The summed E-state index contributed by atoms with van der Waals surface area (Å²) in [5.41, 5.74) is 1.34. The Balaban J connectivity index is 1.64. The summed E-state index contributed by atoms with van der Waals surface area (Å²) in [5, 5.41) is 8.22. The average molecular weight is 449 g/mol. The molecule has 4 rings (SSSR count). The van der Waals surface area contributed by atoms with Gasteiger partial charge in [0.05, 0.1) is 22.3 Å². The maximum Gasteiger partial charge on any atom is 0.417 e. The molecule has 0 bridgehead atoms. The van der Waals surface area contributed by atoms with Crippen LogP contribution in [0.5, 0.6) is 0 Å². The molecule has 0 aliphatic carbocycles. The normalized spacial score (nSPS) is 17.5. The van der Waals surface area contributed by atoms with Crippen LogP contribution in [0.4, 0.5) is 13.2 Å². The number of halogens is 3. The van der Waals surface area contributed by atoms with Gasteiger partial charge in [0.2, 0.25) is 5.91 Å². The van der Waals surface area contributed by atoms with E-state index in [-0.39, 0.29) is 47.6 Å². The lowest BCUT2D eigenvalue weighted by Gasteiger charge is -2.32. The SMILES string of the molecule is Cc1cc(C)n(CC(=O)N2CCC[C@@H](c3noc4nc(C(C)C)cc(C(F)(F)F)c34)C2)n1. The fourth-order valence-corrected chi connectivity index (χ4v) is 4.28. The van der Waals surface area contributed by atoms with Crippen LogP contribution in [-0.4, -0.2) is 43.8 Å². The van der Waals surface area contributed by atoms with E-state index in [1.165, 1.54) is 0 Å². The molecule has 1 fully saturated rings. The first kappa shape index (κ1) is 22.3. The van der Waals surface area contributed by atoms with E-state index < -0.39 is 11.7 Å². The molecule has 4 heterocycles. The third-order valence-electron chi connectivity index (χ3n) is 5.94. The number of piperidine rings is 1. The molecule has 0 spiro atoms. The molecule has 0 N–H and O–H groups in total. The molecule has 0 radical (unpaired) electrons. The Morgan fingerprint density at radius 1 is 1.28 bits per heavy atom. The van der Waals surface area contributed by atoms with Crippen molar-refractivity contribution in [3.63, 3.8) is 0 Å². The number of aryl methyl sites for hydroxylation is 2. The standard InChI is InChI=1S/C22H26F3N5O2/c1-12(2)17-9-16(22(23,24)25)19-20(28-32-21(19)26-17)15-6-5-7-29(10-15)18(31)11-30-14(4)8-13(3)27-30/h8-9,12,15H,5-7,10-11H2,1-4H3/t15-/m1/s1. The maximum atomic E-state index is 13.9. The molecule has 32 heavy (non-hydrogen) atoms. The monoisotopic (exact) mass is 449 g/mol. The van der Waals surface area contributed by atoms with Gasteiger partial charge in [0.15, 0.2) is 0 Å². The van der Waals surface area contributed by atoms with Crippen LogP contribution in [0.25, 0.3) is 11.1 Å². The lowest BCUT2D eigenvalue weighted by Crippen LogP contribution is -2.41. The molecule has 1 aliphatic rings. The Labute approximate surface area is 183 Å². The highest BCUT2D eigenvalue weighted by atomic mass is 19.4. The minimum atomic E-state index is -4.56. The first-order valence-electron chi connectivity index (χ1n) is 10.7. The second-order valence-electron chi connectivity index (χ2n) is 8.76. The van der Waals surface area contributed by atoms with Crippen molar-refractivity contribution in [2.45, 2.75) is 65.1 Å². The highest BCUT2D eigenvalue weighted by Gasteiger charge is 2.38. The number of pyridine rings is 1. The van der Waals surface area contributed by atoms with Crippen molar-refractivity contribution < 1.29 is 22.5 Å². The quantitative estimate of drug-likeness (QED) is 0.583. The minimum Gasteiger partial charge on any atom is -0.340 e. The number of hydrogen-bond acceptors (Lipinski definition) is 5. The van der Waals surface area contributed by atoms with Gasteiger partial charge in [-0.05, 0) is 44.7 Å². The molecule has 1 saturated heterocycles. The number of amides is 1. The van der Waals surface area contributed by atoms with Crippen LogP contribution >= 0.6 is 0 Å². The van der Waals surface area contributed by atoms with Gasteiger partial charge in [-0.15, -0.1) is 0 Å². The van der Waals surface area contributed by atoms with Crippen LogP contribution in [0.15, 0.2) is 16.7 Å². The summed E-state index contributed by atoms with van der Waals surface area (Å²) in [6.07, 6.45) is -3.28. The zero-order chi connectivity index (χ0) is 23.2. The van der Waals surface area contributed by atoms with Gasteiger partial charge in [-0.2, -0.15) is 18.3 Å². The summed E-state index contributed by atoms with van der Waals surface area (Å²) < 4.78 is 48.6. The number of likely N-dealkylation sites (tertiary alicyclic amines) is 1. The second-order valence-corrected chi connectivity index (χ2v) is 8.76. The van der Waals surface area contributed by atoms with E-state index >= 15 is 0 Å². The van der Waals surface area contributed by atoms with Crippen molar-refractivity contribution in [2.24, 2.45) is 0 Å². The summed E-state index contributed by atoms with van der Waals surface area (Å²) in [7, 11) is 0. The van der Waals surface area contributed by atoms with Crippen LogP contribution in [0, 0.1) is 13.8 Å². The van der Waals surface area contributed by atoms with Gasteiger partial charge in [0, 0.05) is 30.4 Å². The second kappa shape index (κ2) is 8.22. The van der Waals surface area contributed by atoms with E-state index in [0.717, 1.165) is 17.5 Å². The molecule has 1 aliphatic heterocycles. The van der Waals surface area contributed by atoms with Crippen molar-refractivity contribution in [3.05, 3.63) is 40.5 Å². The van der Waals surface area contributed by atoms with E-state index in [2.05, 4.69) is 15.2 Å². The van der Waals surface area contributed by atoms with Crippen molar-refractivity contribution in [1.29, 1.82) is 0 Å². The highest BCUT2D eigenvalue weighted by molar-refractivity contribution is 5.82. The van der Waals surface area contributed by atoms with Crippen molar-refractivity contribution >= 4 is 17.0 Å². The van der Waals surface area contributed by atoms with Crippen molar-refractivity contribution in [1.82, 2.24) is 24.8 Å². The zero-order valence-corrected chi connectivity index (χ0v) is 18.5. The lowest BCUT2D eigenvalue weighted by molar-refractivity contribution is -0.136. The van der Waals surface area contributed by atoms with Crippen LogP contribution in [-0.2, 0) is 17.5 Å². The Morgan fingerprint density at radius 3 is 2.66 bits per heavy atom. The van der Waals surface area contributed by atoms with Gasteiger partial charge in [-0.1, -0.05) is 19.0 Å². The predicted octanol–water partition coefficient (Wildman–Crippen LogP) is 4.58. The fraction of sp³-hybridized carbons (Fsp3) is 0.545. The minimum absolute atomic E-state index is 0.0963. The maximum absolute atomic E-state index is 13.9. The number of rotatable bonds is 4. The highest BCUT2D eigenvalue weighted by Crippen LogP contribution is 2.40. The number of alkyl halides is 3. The van der Waals surface area contributed by atoms with Crippen LogP contribution < -0.4 is 0 Å². The third kappa shape index (κ3) is 4.22. The Hall–Kier alpha value is -2.91. The third-order valence-corrected chi connectivity index (χ3v) is 5.94. The largest absolute Gasteiger partial charge is 0.417 e. The molecule has 3 aromatic heterocycles. The summed E-state index contributed by atoms with van der Waals surface area (Å²) in [6.45, 7) is 8.22. The summed E-state index contributed by atoms with van der Waals surface area (Å²) in [5.74, 6) is -0.668. The molecular formula is C22H26F3N5O2. The molecule has 3 aromatic rings.